The summed E-state index contributed by atoms with van der Waals surface area (Å²) < 4.78 is 1.14. The Morgan fingerprint density at radius 2 is 2.10 bits per heavy atom. The number of pyridine rings is 1. The number of halogens is 1. The van der Waals surface area contributed by atoms with Crippen LogP contribution in [0.15, 0.2) is 34.2 Å². The van der Waals surface area contributed by atoms with Crippen molar-refractivity contribution in [3.63, 3.8) is 0 Å². The van der Waals surface area contributed by atoms with E-state index < -0.39 is 0 Å². The van der Waals surface area contributed by atoms with Crippen molar-refractivity contribution in [1.82, 2.24) is 4.98 Å². The van der Waals surface area contributed by atoms with Gasteiger partial charge in [-0.1, -0.05) is 0 Å². The average molecular weight is 354 g/mol. The summed E-state index contributed by atoms with van der Waals surface area (Å²) in [7, 11) is 0. The van der Waals surface area contributed by atoms with Crippen molar-refractivity contribution in [3.8, 4) is 0 Å². The maximum atomic E-state index is 4.53. The van der Waals surface area contributed by atoms with E-state index in [1.54, 1.807) is 11.3 Å². The second-order valence-corrected chi connectivity index (χ2v) is 6.47. The molecule has 2 aromatic heterocycles. The van der Waals surface area contributed by atoms with Gasteiger partial charge in [0, 0.05) is 27.8 Å². The third-order valence-electron chi connectivity index (χ3n) is 3.23. The molecule has 0 fully saturated rings. The molecular formula is C15H20BrN3S. The summed E-state index contributed by atoms with van der Waals surface area (Å²) in [5, 5.41) is 5.59. The Bertz CT molecular complexity index is 534. The van der Waals surface area contributed by atoms with Crippen molar-refractivity contribution >= 4 is 38.8 Å². The SMILES string of the molecule is CCN(CC)c1ccc(NC(C)c2cc(Br)cs2)cn1. The van der Waals surface area contributed by atoms with Crippen LogP contribution in [0.2, 0.25) is 0 Å². The molecule has 0 aliphatic carbocycles. The van der Waals surface area contributed by atoms with Crippen molar-refractivity contribution in [1.29, 1.82) is 0 Å². The molecule has 5 heteroatoms. The van der Waals surface area contributed by atoms with Gasteiger partial charge < -0.3 is 10.2 Å². The molecule has 0 radical (unpaired) electrons. The highest BCUT2D eigenvalue weighted by atomic mass is 79.9. The molecule has 0 amide bonds. The van der Waals surface area contributed by atoms with Gasteiger partial charge in [0.1, 0.15) is 5.82 Å². The summed E-state index contributed by atoms with van der Waals surface area (Å²) in [6, 6.07) is 6.61. The van der Waals surface area contributed by atoms with Crippen LogP contribution in [0.5, 0.6) is 0 Å². The Morgan fingerprint density at radius 3 is 2.60 bits per heavy atom. The standard InChI is InChI=1S/C15H20BrN3S/c1-4-19(5-2)15-7-6-13(9-17-15)18-11(3)14-8-12(16)10-20-14/h6-11,18H,4-5H2,1-3H3. The fraction of sp³-hybridized carbons (Fsp3) is 0.400. The van der Waals surface area contributed by atoms with Gasteiger partial charge >= 0.3 is 0 Å². The Morgan fingerprint density at radius 1 is 1.35 bits per heavy atom. The Balaban J connectivity index is 2.03. The number of anilines is 2. The maximum absolute atomic E-state index is 4.53. The van der Waals surface area contributed by atoms with E-state index in [-0.39, 0.29) is 6.04 Å². The predicted octanol–water partition coefficient (Wildman–Crippen LogP) is 4.92. The van der Waals surface area contributed by atoms with Gasteiger partial charge in [-0.3, -0.25) is 0 Å². The van der Waals surface area contributed by atoms with E-state index in [9.17, 15) is 0 Å². The third kappa shape index (κ3) is 3.73. The van der Waals surface area contributed by atoms with Crippen LogP contribution in [0.4, 0.5) is 11.5 Å². The van der Waals surface area contributed by atoms with Crippen LogP contribution in [0, 0.1) is 0 Å². The lowest BCUT2D eigenvalue weighted by atomic mass is 10.2. The van der Waals surface area contributed by atoms with E-state index in [1.807, 2.05) is 6.20 Å². The topological polar surface area (TPSA) is 28.2 Å². The van der Waals surface area contributed by atoms with Crippen molar-refractivity contribution in [2.24, 2.45) is 0 Å². The van der Waals surface area contributed by atoms with Crippen LogP contribution < -0.4 is 10.2 Å². The van der Waals surface area contributed by atoms with E-state index in [1.165, 1.54) is 4.88 Å². The smallest absolute Gasteiger partial charge is 0.128 e. The van der Waals surface area contributed by atoms with Gasteiger partial charge in [0.05, 0.1) is 17.9 Å². The van der Waals surface area contributed by atoms with Gasteiger partial charge in [-0.05, 0) is 54.9 Å². The predicted molar refractivity (Wildman–Crippen MR) is 91.9 cm³/mol. The molecule has 0 aliphatic rings. The first-order chi connectivity index (χ1) is 9.63. The zero-order valence-electron chi connectivity index (χ0n) is 12.1. The summed E-state index contributed by atoms with van der Waals surface area (Å²) in [6.45, 7) is 8.42. The molecule has 1 N–H and O–H groups in total. The van der Waals surface area contributed by atoms with Gasteiger partial charge in [0.2, 0.25) is 0 Å². The summed E-state index contributed by atoms with van der Waals surface area (Å²) >= 11 is 5.25. The number of aromatic nitrogens is 1. The normalized spacial score (nSPS) is 12.2. The van der Waals surface area contributed by atoms with Crippen LogP contribution >= 0.6 is 27.3 Å². The van der Waals surface area contributed by atoms with Gasteiger partial charge in [-0.2, -0.15) is 0 Å². The molecule has 1 atom stereocenters. The molecule has 0 bridgehead atoms. The van der Waals surface area contributed by atoms with Crippen LogP contribution in [-0.2, 0) is 0 Å². The van der Waals surface area contributed by atoms with Crippen LogP contribution in [0.25, 0.3) is 0 Å². The highest BCUT2D eigenvalue weighted by molar-refractivity contribution is 9.10. The molecule has 0 aromatic carbocycles. The van der Waals surface area contributed by atoms with E-state index >= 15 is 0 Å². The molecule has 0 spiro atoms. The Hall–Kier alpha value is -1.07. The molecule has 20 heavy (non-hydrogen) atoms. The van der Waals surface area contributed by atoms with Crippen molar-refractivity contribution in [2.75, 3.05) is 23.3 Å². The zero-order valence-corrected chi connectivity index (χ0v) is 14.5. The number of nitrogens with zero attached hydrogens (tertiary/aromatic N) is 2. The largest absolute Gasteiger partial charge is 0.376 e. The Labute approximate surface area is 133 Å². The van der Waals surface area contributed by atoms with Crippen molar-refractivity contribution < 1.29 is 0 Å². The quantitative estimate of drug-likeness (QED) is 0.798. The maximum Gasteiger partial charge on any atom is 0.128 e. The number of rotatable bonds is 6. The first-order valence-corrected chi connectivity index (χ1v) is 8.52. The van der Waals surface area contributed by atoms with Crippen LogP contribution in [0.1, 0.15) is 31.7 Å². The van der Waals surface area contributed by atoms with Gasteiger partial charge in [0.15, 0.2) is 0 Å². The fourth-order valence-electron chi connectivity index (χ4n) is 2.08. The van der Waals surface area contributed by atoms with Gasteiger partial charge in [0.25, 0.3) is 0 Å². The lowest BCUT2D eigenvalue weighted by Gasteiger charge is -2.20. The third-order valence-corrected chi connectivity index (χ3v) is 5.11. The van der Waals surface area contributed by atoms with E-state index in [2.05, 4.69) is 75.5 Å². The molecule has 0 aliphatic heterocycles. The molecule has 0 saturated carbocycles. The van der Waals surface area contributed by atoms with Crippen molar-refractivity contribution in [2.45, 2.75) is 26.8 Å². The molecule has 2 aromatic rings. The molecular weight excluding hydrogens is 334 g/mol. The molecule has 0 saturated heterocycles. The van der Waals surface area contributed by atoms with Crippen LogP contribution in [-0.4, -0.2) is 18.1 Å². The van der Waals surface area contributed by atoms with E-state index in [0.717, 1.165) is 29.1 Å². The minimum absolute atomic E-state index is 0.285. The van der Waals surface area contributed by atoms with Gasteiger partial charge in [-0.25, -0.2) is 4.98 Å². The monoisotopic (exact) mass is 353 g/mol. The zero-order chi connectivity index (χ0) is 14.5. The molecule has 2 heterocycles. The van der Waals surface area contributed by atoms with Gasteiger partial charge in [-0.15, -0.1) is 11.3 Å². The highest BCUT2D eigenvalue weighted by Gasteiger charge is 2.09. The summed E-state index contributed by atoms with van der Waals surface area (Å²) in [5.74, 6) is 1.03. The minimum Gasteiger partial charge on any atom is -0.376 e. The molecule has 2 rings (SSSR count). The Kier molecular flexibility index (Phi) is 5.43. The average Bonchev–Trinajstić information content (AvgIpc) is 2.89. The summed E-state index contributed by atoms with van der Waals surface area (Å²) in [4.78, 5) is 8.08. The number of thiophene rings is 1. The van der Waals surface area contributed by atoms with Crippen molar-refractivity contribution in [3.05, 3.63) is 39.1 Å². The lowest BCUT2D eigenvalue weighted by Crippen LogP contribution is -2.22. The molecule has 108 valence electrons. The van der Waals surface area contributed by atoms with E-state index in [4.69, 9.17) is 0 Å². The second kappa shape index (κ2) is 7.09. The summed E-state index contributed by atoms with van der Waals surface area (Å²) in [5.41, 5.74) is 1.05. The van der Waals surface area contributed by atoms with Crippen LogP contribution in [0.3, 0.4) is 0 Å². The fourth-order valence-corrected chi connectivity index (χ4v) is 3.54. The number of hydrogen-bond donors (Lipinski definition) is 1. The second-order valence-electron chi connectivity index (χ2n) is 4.61. The molecule has 3 nitrogen and oxygen atoms in total. The van der Waals surface area contributed by atoms with E-state index in [0.29, 0.717) is 0 Å². The number of hydrogen-bond acceptors (Lipinski definition) is 4. The highest BCUT2D eigenvalue weighted by Crippen LogP contribution is 2.28. The first-order valence-electron chi connectivity index (χ1n) is 6.85. The summed E-state index contributed by atoms with van der Waals surface area (Å²) in [6.07, 6.45) is 1.91. The lowest BCUT2D eigenvalue weighted by molar-refractivity contribution is 0.844. The minimum atomic E-state index is 0.285. The number of nitrogens with one attached hydrogen (secondary N) is 1. The molecule has 1 unspecified atom stereocenters. The first kappa shape index (κ1) is 15.3.